The zero-order valence-electron chi connectivity index (χ0n) is 14.2. The summed E-state index contributed by atoms with van der Waals surface area (Å²) in [6.07, 6.45) is 3.21. The summed E-state index contributed by atoms with van der Waals surface area (Å²) in [6, 6.07) is 0. The molecule has 2 bridgehead atoms. The number of fused-ring (bicyclic) bond motifs is 2. The Kier molecular flexibility index (Phi) is 4.11. The molecule has 2 rings (SSSR count). The Labute approximate surface area is 128 Å². The molecule has 0 saturated heterocycles. The standard InChI is InChI=1S/C17H30N2O2/c1-16(2,3)18-14(20)12-10-7-8-11(9-10)13(12)15(21)19-17(4,5)6/h10-13H,7-9H2,1-6H3,(H,18,20)(H,19,21)/t10-,11+,12-,13+. The van der Waals surface area contributed by atoms with Gasteiger partial charge in [-0.05, 0) is 72.6 Å². The predicted octanol–water partition coefficient (Wildman–Crippen LogP) is 2.48. The van der Waals surface area contributed by atoms with Crippen molar-refractivity contribution in [2.75, 3.05) is 0 Å². The van der Waals surface area contributed by atoms with Crippen LogP contribution in [0.4, 0.5) is 0 Å². The molecule has 21 heavy (non-hydrogen) atoms. The van der Waals surface area contributed by atoms with E-state index in [2.05, 4.69) is 10.6 Å². The van der Waals surface area contributed by atoms with Crippen molar-refractivity contribution in [3.63, 3.8) is 0 Å². The minimum atomic E-state index is -0.246. The highest BCUT2D eigenvalue weighted by Gasteiger charge is 2.54. The summed E-state index contributed by atoms with van der Waals surface area (Å²) in [5, 5.41) is 6.15. The van der Waals surface area contributed by atoms with E-state index in [1.807, 2.05) is 41.5 Å². The molecule has 0 aromatic rings. The van der Waals surface area contributed by atoms with Gasteiger partial charge >= 0.3 is 0 Å². The second-order valence-electron chi connectivity index (χ2n) is 8.86. The summed E-state index contributed by atoms with van der Waals surface area (Å²) in [6.45, 7) is 11.9. The van der Waals surface area contributed by atoms with E-state index in [1.54, 1.807) is 0 Å². The molecule has 2 amide bonds. The van der Waals surface area contributed by atoms with Crippen molar-refractivity contribution >= 4 is 11.8 Å². The van der Waals surface area contributed by atoms with Crippen LogP contribution in [0.1, 0.15) is 60.8 Å². The summed E-state index contributed by atoms with van der Waals surface area (Å²) >= 11 is 0. The van der Waals surface area contributed by atoms with Gasteiger partial charge in [0.25, 0.3) is 0 Å². The lowest BCUT2D eigenvalue weighted by molar-refractivity contribution is -0.138. The van der Waals surface area contributed by atoms with Crippen LogP contribution in [-0.2, 0) is 9.59 Å². The van der Waals surface area contributed by atoms with E-state index < -0.39 is 0 Å². The molecule has 0 aromatic carbocycles. The van der Waals surface area contributed by atoms with Gasteiger partial charge < -0.3 is 10.6 Å². The van der Waals surface area contributed by atoms with E-state index in [1.165, 1.54) is 0 Å². The summed E-state index contributed by atoms with van der Waals surface area (Å²) in [5.74, 6) is 0.587. The maximum absolute atomic E-state index is 12.6. The lowest BCUT2D eigenvalue weighted by atomic mass is 9.77. The molecule has 2 N–H and O–H groups in total. The number of hydrogen-bond acceptors (Lipinski definition) is 2. The summed E-state index contributed by atoms with van der Waals surface area (Å²) in [5.41, 5.74) is -0.492. The van der Waals surface area contributed by atoms with Gasteiger partial charge in [0.15, 0.2) is 0 Å². The van der Waals surface area contributed by atoms with Crippen LogP contribution in [0.5, 0.6) is 0 Å². The number of carbonyl (C=O) groups is 2. The highest BCUT2D eigenvalue weighted by Crippen LogP contribution is 2.52. The summed E-state index contributed by atoms with van der Waals surface area (Å²) in [4.78, 5) is 25.3. The van der Waals surface area contributed by atoms with Gasteiger partial charge in [0.2, 0.25) is 11.8 Å². The Morgan fingerprint density at radius 1 is 0.762 bits per heavy atom. The smallest absolute Gasteiger partial charge is 0.224 e. The van der Waals surface area contributed by atoms with E-state index in [9.17, 15) is 9.59 Å². The minimum Gasteiger partial charge on any atom is -0.351 e. The molecule has 0 unspecified atom stereocenters. The minimum absolute atomic E-state index is 0.0590. The molecule has 2 aliphatic carbocycles. The highest BCUT2D eigenvalue weighted by molar-refractivity contribution is 5.89. The van der Waals surface area contributed by atoms with Gasteiger partial charge in [-0.2, -0.15) is 0 Å². The van der Waals surface area contributed by atoms with Crippen LogP contribution in [0.3, 0.4) is 0 Å². The van der Waals surface area contributed by atoms with Gasteiger partial charge in [-0.3, -0.25) is 9.59 Å². The maximum atomic E-state index is 12.6. The van der Waals surface area contributed by atoms with Crippen LogP contribution in [0, 0.1) is 23.7 Å². The molecule has 120 valence electrons. The predicted molar refractivity (Wildman–Crippen MR) is 83.6 cm³/mol. The average Bonchev–Trinajstić information content (AvgIpc) is 2.82. The molecule has 0 radical (unpaired) electrons. The molecule has 2 aliphatic rings. The van der Waals surface area contributed by atoms with Gasteiger partial charge in [-0.15, -0.1) is 0 Å². The van der Waals surface area contributed by atoms with Crippen LogP contribution in [0.15, 0.2) is 0 Å². The van der Waals surface area contributed by atoms with Crippen LogP contribution in [-0.4, -0.2) is 22.9 Å². The second-order valence-corrected chi connectivity index (χ2v) is 8.86. The first-order chi connectivity index (χ1) is 9.48. The van der Waals surface area contributed by atoms with Crippen molar-refractivity contribution in [2.24, 2.45) is 23.7 Å². The molecule has 2 saturated carbocycles. The largest absolute Gasteiger partial charge is 0.351 e. The molecule has 4 heteroatoms. The Morgan fingerprint density at radius 3 is 1.38 bits per heavy atom. The Bertz CT molecular complexity index is 391. The monoisotopic (exact) mass is 294 g/mol. The third kappa shape index (κ3) is 3.78. The van der Waals surface area contributed by atoms with Gasteiger partial charge in [-0.25, -0.2) is 0 Å². The maximum Gasteiger partial charge on any atom is 0.224 e. The number of carbonyl (C=O) groups excluding carboxylic acids is 2. The normalized spacial score (nSPS) is 32.1. The molecule has 0 spiro atoms. The Balaban J connectivity index is 2.14. The number of hydrogen-bond donors (Lipinski definition) is 2. The van der Waals surface area contributed by atoms with Crippen LogP contribution in [0.2, 0.25) is 0 Å². The molecule has 2 fully saturated rings. The summed E-state index contributed by atoms with van der Waals surface area (Å²) in [7, 11) is 0. The van der Waals surface area contributed by atoms with Gasteiger partial charge in [0.1, 0.15) is 0 Å². The fraction of sp³-hybridized carbons (Fsp3) is 0.882. The number of amides is 2. The molecule has 0 aromatic heterocycles. The molecule has 0 heterocycles. The SMILES string of the molecule is CC(C)(C)NC(=O)[C@@H]1[C@@H]2CC[C@@H](C2)[C@@H]1C(=O)NC(C)(C)C. The number of nitrogens with one attached hydrogen (secondary N) is 2. The highest BCUT2D eigenvalue weighted by atomic mass is 16.2. The van der Waals surface area contributed by atoms with E-state index in [0.29, 0.717) is 11.8 Å². The van der Waals surface area contributed by atoms with Crippen molar-refractivity contribution in [1.29, 1.82) is 0 Å². The van der Waals surface area contributed by atoms with Crippen molar-refractivity contribution in [2.45, 2.75) is 71.9 Å². The number of rotatable bonds is 2. The van der Waals surface area contributed by atoms with Crippen molar-refractivity contribution in [1.82, 2.24) is 10.6 Å². The van der Waals surface area contributed by atoms with Crippen LogP contribution < -0.4 is 10.6 Å². The quantitative estimate of drug-likeness (QED) is 0.822. The van der Waals surface area contributed by atoms with Gasteiger partial charge in [0.05, 0.1) is 11.8 Å². The van der Waals surface area contributed by atoms with Crippen molar-refractivity contribution < 1.29 is 9.59 Å². The molecule has 4 nitrogen and oxygen atoms in total. The van der Waals surface area contributed by atoms with E-state index in [4.69, 9.17) is 0 Å². The van der Waals surface area contributed by atoms with E-state index >= 15 is 0 Å². The van der Waals surface area contributed by atoms with Gasteiger partial charge in [-0.1, -0.05) is 0 Å². The lowest BCUT2D eigenvalue weighted by Crippen LogP contribution is -2.52. The summed E-state index contributed by atoms with van der Waals surface area (Å²) < 4.78 is 0. The zero-order valence-corrected chi connectivity index (χ0v) is 14.2. The Hall–Kier alpha value is -1.06. The molecule has 0 aliphatic heterocycles. The molecular weight excluding hydrogens is 264 g/mol. The lowest BCUT2D eigenvalue weighted by Gasteiger charge is -2.34. The first kappa shape index (κ1) is 16.3. The third-order valence-corrected chi connectivity index (χ3v) is 4.52. The topological polar surface area (TPSA) is 58.2 Å². The molecular formula is C17H30N2O2. The third-order valence-electron chi connectivity index (χ3n) is 4.52. The van der Waals surface area contributed by atoms with Gasteiger partial charge in [0, 0.05) is 11.1 Å². The molecule has 4 atom stereocenters. The fourth-order valence-electron chi connectivity index (χ4n) is 3.95. The first-order valence-electron chi connectivity index (χ1n) is 8.12. The average molecular weight is 294 g/mol. The van der Waals surface area contributed by atoms with E-state index in [0.717, 1.165) is 19.3 Å². The Morgan fingerprint density at radius 2 is 1.10 bits per heavy atom. The van der Waals surface area contributed by atoms with E-state index in [-0.39, 0.29) is 34.7 Å². The second kappa shape index (κ2) is 5.29. The van der Waals surface area contributed by atoms with Crippen molar-refractivity contribution in [3.05, 3.63) is 0 Å². The zero-order chi connectivity index (χ0) is 16.0. The van der Waals surface area contributed by atoms with Crippen LogP contribution >= 0.6 is 0 Å². The van der Waals surface area contributed by atoms with Crippen LogP contribution in [0.25, 0.3) is 0 Å². The first-order valence-corrected chi connectivity index (χ1v) is 8.12. The van der Waals surface area contributed by atoms with Crippen molar-refractivity contribution in [3.8, 4) is 0 Å². The fourth-order valence-corrected chi connectivity index (χ4v) is 3.95.